The molecule has 0 bridgehead atoms. The molecule has 3 heterocycles. The Hall–Kier alpha value is -4.26. The molecule has 0 atom stereocenters. The van der Waals surface area contributed by atoms with Gasteiger partial charge in [-0.2, -0.15) is 5.10 Å². The van der Waals surface area contributed by atoms with Gasteiger partial charge >= 0.3 is 0 Å². The van der Waals surface area contributed by atoms with Crippen LogP contribution in [-0.4, -0.2) is 30.1 Å². The predicted molar refractivity (Wildman–Crippen MR) is 118 cm³/mol. The van der Waals surface area contributed by atoms with Crippen LogP contribution in [0.2, 0.25) is 0 Å². The van der Waals surface area contributed by atoms with Gasteiger partial charge < -0.3 is 5.32 Å². The van der Waals surface area contributed by atoms with Gasteiger partial charge in [-0.1, -0.05) is 48.0 Å². The molecule has 3 aromatic heterocycles. The Labute approximate surface area is 179 Å². The molecule has 5 rings (SSSR count). The van der Waals surface area contributed by atoms with Gasteiger partial charge in [0, 0.05) is 18.9 Å². The van der Waals surface area contributed by atoms with Crippen molar-refractivity contribution in [3.63, 3.8) is 0 Å². The lowest BCUT2D eigenvalue weighted by atomic mass is 10.1. The SMILES string of the molecule is Cc1ccc(CNC(=O)c2nc(-c3ccnn3-c3ccccc3)n3ccncc23)cc1. The zero-order chi connectivity index (χ0) is 21.2. The van der Waals surface area contributed by atoms with Gasteiger partial charge in [-0.25, -0.2) is 9.67 Å². The third-order valence-corrected chi connectivity index (χ3v) is 5.11. The summed E-state index contributed by atoms with van der Waals surface area (Å²) in [6.07, 6.45) is 6.86. The van der Waals surface area contributed by atoms with Crippen molar-refractivity contribution in [2.45, 2.75) is 13.5 Å². The number of nitrogens with zero attached hydrogens (tertiary/aromatic N) is 5. The minimum Gasteiger partial charge on any atom is -0.347 e. The lowest BCUT2D eigenvalue weighted by Crippen LogP contribution is -2.23. The average molecular weight is 408 g/mol. The summed E-state index contributed by atoms with van der Waals surface area (Å²) >= 11 is 0. The van der Waals surface area contributed by atoms with Crippen LogP contribution in [0.1, 0.15) is 21.6 Å². The van der Waals surface area contributed by atoms with E-state index >= 15 is 0 Å². The monoisotopic (exact) mass is 408 g/mol. The van der Waals surface area contributed by atoms with Crippen LogP contribution < -0.4 is 5.32 Å². The molecule has 1 N–H and O–H groups in total. The lowest BCUT2D eigenvalue weighted by molar-refractivity contribution is 0.0948. The number of aromatic nitrogens is 5. The normalized spacial score (nSPS) is 11.0. The van der Waals surface area contributed by atoms with Crippen LogP contribution in [0.5, 0.6) is 0 Å². The van der Waals surface area contributed by atoms with Crippen molar-refractivity contribution in [1.29, 1.82) is 0 Å². The second-order valence-electron chi connectivity index (χ2n) is 7.25. The number of hydrogen-bond acceptors (Lipinski definition) is 4. The first-order valence-electron chi connectivity index (χ1n) is 9.96. The smallest absolute Gasteiger partial charge is 0.272 e. The molecule has 7 heteroatoms. The van der Waals surface area contributed by atoms with Crippen LogP contribution in [0.15, 0.2) is 85.5 Å². The van der Waals surface area contributed by atoms with Crippen molar-refractivity contribution in [3.8, 4) is 17.2 Å². The Balaban J connectivity index is 1.52. The van der Waals surface area contributed by atoms with Crippen molar-refractivity contribution in [1.82, 2.24) is 29.5 Å². The van der Waals surface area contributed by atoms with E-state index in [2.05, 4.69) is 15.4 Å². The second-order valence-corrected chi connectivity index (χ2v) is 7.25. The molecule has 0 saturated carbocycles. The first-order chi connectivity index (χ1) is 15.2. The quantitative estimate of drug-likeness (QED) is 0.480. The molecule has 1 amide bonds. The summed E-state index contributed by atoms with van der Waals surface area (Å²) in [5.41, 5.74) is 4.88. The Morgan fingerprint density at radius 3 is 2.61 bits per heavy atom. The van der Waals surface area contributed by atoms with E-state index in [4.69, 9.17) is 4.98 Å². The third-order valence-electron chi connectivity index (χ3n) is 5.11. The molecule has 152 valence electrons. The fourth-order valence-corrected chi connectivity index (χ4v) is 3.51. The number of para-hydroxylation sites is 1. The molecule has 0 aliphatic carbocycles. The highest BCUT2D eigenvalue weighted by Gasteiger charge is 2.21. The maximum Gasteiger partial charge on any atom is 0.272 e. The van der Waals surface area contributed by atoms with E-state index in [1.165, 1.54) is 5.56 Å². The number of aryl methyl sites for hydroxylation is 1. The minimum absolute atomic E-state index is 0.247. The highest BCUT2D eigenvalue weighted by molar-refractivity contribution is 5.99. The maximum atomic E-state index is 13.0. The molecule has 2 aromatic carbocycles. The predicted octanol–water partition coefficient (Wildman–Crippen LogP) is 3.82. The summed E-state index contributed by atoms with van der Waals surface area (Å²) in [6.45, 7) is 2.46. The number of rotatable bonds is 5. The van der Waals surface area contributed by atoms with E-state index in [1.54, 1.807) is 24.8 Å². The number of benzene rings is 2. The van der Waals surface area contributed by atoms with Crippen LogP contribution in [0.3, 0.4) is 0 Å². The van der Waals surface area contributed by atoms with Crippen molar-refractivity contribution in [2.75, 3.05) is 0 Å². The number of hydrogen-bond donors (Lipinski definition) is 1. The number of carbonyl (C=O) groups is 1. The molecule has 0 aliphatic heterocycles. The largest absolute Gasteiger partial charge is 0.347 e. The van der Waals surface area contributed by atoms with Gasteiger partial charge in [0.15, 0.2) is 11.5 Å². The van der Waals surface area contributed by atoms with Crippen LogP contribution >= 0.6 is 0 Å². The molecular weight excluding hydrogens is 388 g/mol. The van der Waals surface area contributed by atoms with Gasteiger partial charge in [0.1, 0.15) is 5.69 Å². The molecule has 5 aromatic rings. The molecule has 0 aliphatic rings. The molecular formula is C24H20N6O. The van der Waals surface area contributed by atoms with Crippen LogP contribution in [-0.2, 0) is 6.54 Å². The van der Waals surface area contributed by atoms with E-state index in [-0.39, 0.29) is 5.91 Å². The fourth-order valence-electron chi connectivity index (χ4n) is 3.51. The Kier molecular flexibility index (Phi) is 4.76. The fraction of sp³-hybridized carbons (Fsp3) is 0.0833. The average Bonchev–Trinajstić information content (AvgIpc) is 3.44. The standard InChI is InChI=1S/C24H20N6O/c1-17-7-9-18(10-8-17)15-26-24(31)22-21-16-25-13-14-29(21)23(28-22)20-11-12-27-30(20)19-5-3-2-4-6-19/h2-14,16H,15H2,1H3,(H,26,31). The van der Waals surface area contributed by atoms with E-state index in [1.807, 2.05) is 76.7 Å². The van der Waals surface area contributed by atoms with E-state index < -0.39 is 0 Å². The van der Waals surface area contributed by atoms with Crippen LogP contribution in [0.4, 0.5) is 0 Å². The highest BCUT2D eigenvalue weighted by Crippen LogP contribution is 2.24. The van der Waals surface area contributed by atoms with Crippen molar-refractivity contribution < 1.29 is 4.79 Å². The Morgan fingerprint density at radius 2 is 1.81 bits per heavy atom. The number of fused-ring (bicyclic) bond motifs is 1. The highest BCUT2D eigenvalue weighted by atomic mass is 16.1. The first kappa shape index (κ1) is 18.7. The number of amides is 1. The summed E-state index contributed by atoms with van der Waals surface area (Å²) in [5.74, 6) is 0.377. The summed E-state index contributed by atoms with van der Waals surface area (Å²) < 4.78 is 3.67. The minimum atomic E-state index is -0.247. The van der Waals surface area contributed by atoms with E-state index in [0.29, 0.717) is 23.6 Å². The zero-order valence-electron chi connectivity index (χ0n) is 16.9. The number of imidazole rings is 1. The van der Waals surface area contributed by atoms with Crippen LogP contribution in [0, 0.1) is 6.92 Å². The first-order valence-corrected chi connectivity index (χ1v) is 9.96. The Bertz CT molecular complexity index is 1350. The van der Waals surface area contributed by atoms with Crippen LogP contribution in [0.25, 0.3) is 22.7 Å². The van der Waals surface area contributed by atoms with E-state index in [0.717, 1.165) is 16.9 Å². The van der Waals surface area contributed by atoms with Gasteiger partial charge in [-0.3, -0.25) is 14.2 Å². The molecule has 0 fully saturated rings. The summed E-state index contributed by atoms with van der Waals surface area (Å²) in [7, 11) is 0. The molecule has 0 saturated heterocycles. The molecule has 0 radical (unpaired) electrons. The molecule has 7 nitrogen and oxygen atoms in total. The summed E-state index contributed by atoms with van der Waals surface area (Å²) in [5, 5.41) is 7.42. The summed E-state index contributed by atoms with van der Waals surface area (Å²) in [6, 6.07) is 19.8. The molecule has 0 spiro atoms. The van der Waals surface area contributed by atoms with Gasteiger partial charge in [0.25, 0.3) is 5.91 Å². The number of carbonyl (C=O) groups excluding carboxylic acids is 1. The molecule has 0 unspecified atom stereocenters. The van der Waals surface area contributed by atoms with Crippen molar-refractivity contribution >= 4 is 11.4 Å². The van der Waals surface area contributed by atoms with Crippen molar-refractivity contribution in [3.05, 3.63) is 102 Å². The van der Waals surface area contributed by atoms with Gasteiger partial charge in [0.05, 0.1) is 23.6 Å². The lowest BCUT2D eigenvalue weighted by Gasteiger charge is -2.06. The summed E-state index contributed by atoms with van der Waals surface area (Å²) in [4.78, 5) is 21.9. The zero-order valence-corrected chi connectivity index (χ0v) is 16.9. The Morgan fingerprint density at radius 1 is 1.00 bits per heavy atom. The van der Waals surface area contributed by atoms with Crippen molar-refractivity contribution in [2.24, 2.45) is 0 Å². The topological polar surface area (TPSA) is 77.1 Å². The third kappa shape index (κ3) is 3.57. The van der Waals surface area contributed by atoms with Gasteiger partial charge in [0.2, 0.25) is 0 Å². The van der Waals surface area contributed by atoms with Gasteiger partial charge in [-0.05, 0) is 30.7 Å². The second kappa shape index (κ2) is 7.87. The van der Waals surface area contributed by atoms with E-state index in [9.17, 15) is 4.79 Å². The number of nitrogens with one attached hydrogen (secondary N) is 1. The molecule has 31 heavy (non-hydrogen) atoms. The van der Waals surface area contributed by atoms with Gasteiger partial charge in [-0.15, -0.1) is 0 Å². The maximum absolute atomic E-state index is 13.0.